The molecule has 0 aromatic heterocycles. The molecular formula is C13H27N3O3S. The van der Waals surface area contributed by atoms with Gasteiger partial charge in [0.05, 0.1) is 10.5 Å². The van der Waals surface area contributed by atoms with Crippen LogP contribution in [0.1, 0.15) is 20.8 Å². The number of hydrogen-bond donors (Lipinski definition) is 1. The number of sulfone groups is 1. The van der Waals surface area contributed by atoms with Gasteiger partial charge >= 0.3 is 0 Å². The molecule has 0 aromatic rings. The van der Waals surface area contributed by atoms with Crippen LogP contribution in [0.25, 0.3) is 0 Å². The van der Waals surface area contributed by atoms with Crippen LogP contribution in [0.4, 0.5) is 0 Å². The molecule has 1 N–H and O–H groups in total. The average Bonchev–Trinajstić information content (AvgIpc) is 2.34. The zero-order valence-corrected chi connectivity index (χ0v) is 14.0. The Labute approximate surface area is 122 Å². The first-order valence-corrected chi connectivity index (χ1v) is 8.60. The maximum absolute atomic E-state index is 12.2. The van der Waals surface area contributed by atoms with Crippen molar-refractivity contribution in [1.82, 2.24) is 15.1 Å². The van der Waals surface area contributed by atoms with Gasteiger partial charge in [0.1, 0.15) is 6.04 Å². The molecule has 118 valence electrons. The van der Waals surface area contributed by atoms with Gasteiger partial charge in [-0.05, 0) is 20.8 Å². The number of likely N-dealkylation sites (N-methyl/N-ethyl adjacent to an activating group) is 1. The Morgan fingerprint density at radius 2 is 1.95 bits per heavy atom. The maximum atomic E-state index is 12.2. The summed E-state index contributed by atoms with van der Waals surface area (Å²) in [6, 6.07) is -0.270. The third-order valence-electron chi connectivity index (χ3n) is 3.66. The predicted octanol–water partition coefficient (Wildman–Crippen LogP) is -0.438. The summed E-state index contributed by atoms with van der Waals surface area (Å²) in [6.45, 7) is 7.60. The summed E-state index contributed by atoms with van der Waals surface area (Å²) in [5.74, 6) is 0.110. The van der Waals surface area contributed by atoms with Crippen LogP contribution in [0.3, 0.4) is 0 Å². The zero-order valence-electron chi connectivity index (χ0n) is 13.1. The van der Waals surface area contributed by atoms with Crippen molar-refractivity contribution in [3.63, 3.8) is 0 Å². The highest BCUT2D eigenvalue weighted by molar-refractivity contribution is 7.92. The Balaban J connectivity index is 2.72. The van der Waals surface area contributed by atoms with E-state index in [-0.39, 0.29) is 17.7 Å². The Morgan fingerprint density at radius 1 is 1.35 bits per heavy atom. The van der Waals surface area contributed by atoms with Crippen LogP contribution < -0.4 is 5.32 Å². The molecule has 0 radical (unpaired) electrons. The topological polar surface area (TPSA) is 69.7 Å². The van der Waals surface area contributed by atoms with Crippen molar-refractivity contribution >= 4 is 15.7 Å². The second kappa shape index (κ2) is 6.41. The monoisotopic (exact) mass is 305 g/mol. The summed E-state index contributed by atoms with van der Waals surface area (Å²) in [5.41, 5.74) is 0. The van der Waals surface area contributed by atoms with Crippen molar-refractivity contribution in [3.8, 4) is 0 Å². The second-order valence-corrected chi connectivity index (χ2v) is 9.28. The molecule has 7 heteroatoms. The summed E-state index contributed by atoms with van der Waals surface area (Å²) in [6.07, 6.45) is 0. The number of rotatable bonds is 4. The van der Waals surface area contributed by atoms with E-state index in [1.807, 2.05) is 4.90 Å². The van der Waals surface area contributed by atoms with Crippen molar-refractivity contribution in [1.29, 1.82) is 0 Å². The van der Waals surface area contributed by atoms with Crippen molar-refractivity contribution < 1.29 is 13.2 Å². The van der Waals surface area contributed by atoms with Crippen molar-refractivity contribution in [2.24, 2.45) is 0 Å². The molecule has 0 spiro atoms. The lowest BCUT2D eigenvalue weighted by atomic mass is 10.1. The van der Waals surface area contributed by atoms with E-state index in [0.717, 1.165) is 6.54 Å². The fourth-order valence-corrected chi connectivity index (χ4v) is 3.19. The number of nitrogens with zero attached hydrogens (tertiary/aromatic N) is 2. The summed E-state index contributed by atoms with van der Waals surface area (Å²) in [4.78, 5) is 15.7. The quantitative estimate of drug-likeness (QED) is 0.763. The van der Waals surface area contributed by atoms with Gasteiger partial charge in [-0.1, -0.05) is 0 Å². The number of nitrogens with one attached hydrogen (secondary N) is 1. The van der Waals surface area contributed by atoms with Crippen LogP contribution in [0, 0.1) is 0 Å². The van der Waals surface area contributed by atoms with Crippen LogP contribution in [0.5, 0.6) is 0 Å². The molecule has 1 saturated heterocycles. The molecule has 6 nitrogen and oxygen atoms in total. The van der Waals surface area contributed by atoms with Crippen LogP contribution in [0.2, 0.25) is 0 Å². The number of carbonyl (C=O) groups is 1. The summed E-state index contributed by atoms with van der Waals surface area (Å²) < 4.78 is 23.6. The van der Waals surface area contributed by atoms with Gasteiger partial charge in [0.25, 0.3) is 0 Å². The molecule has 1 atom stereocenters. The molecule has 0 saturated carbocycles. The lowest BCUT2D eigenvalue weighted by Gasteiger charge is -2.36. The molecule has 1 fully saturated rings. The van der Waals surface area contributed by atoms with Crippen LogP contribution in [-0.4, -0.2) is 80.9 Å². The Hall–Kier alpha value is -0.660. The van der Waals surface area contributed by atoms with Crippen LogP contribution in [-0.2, 0) is 14.6 Å². The predicted molar refractivity (Wildman–Crippen MR) is 80.5 cm³/mol. The van der Waals surface area contributed by atoms with E-state index in [1.165, 1.54) is 0 Å². The molecule has 0 bridgehead atoms. The minimum atomic E-state index is -3.15. The Kier molecular flexibility index (Phi) is 5.57. The van der Waals surface area contributed by atoms with Crippen LogP contribution >= 0.6 is 0 Å². The molecule has 0 aromatic carbocycles. The second-order valence-electron chi connectivity index (χ2n) is 6.42. The first-order valence-electron chi connectivity index (χ1n) is 6.94. The molecule has 1 rings (SSSR count). The number of hydrogen-bond acceptors (Lipinski definition) is 5. The Bertz CT molecular complexity index is 440. The first kappa shape index (κ1) is 17.4. The number of piperazine rings is 1. The smallest absolute Gasteiger partial charge is 0.240 e. The van der Waals surface area contributed by atoms with Gasteiger partial charge in [-0.15, -0.1) is 0 Å². The summed E-state index contributed by atoms with van der Waals surface area (Å²) in [7, 11) is 0.293. The number of carbonyl (C=O) groups excluding carboxylic acids is 1. The van der Waals surface area contributed by atoms with E-state index in [2.05, 4.69) is 5.32 Å². The van der Waals surface area contributed by atoms with Crippen molar-refractivity contribution in [2.45, 2.75) is 31.6 Å². The largest absolute Gasteiger partial charge is 0.347 e. The molecule has 1 amide bonds. The standard InChI is InChI=1S/C13H27N3O3S/c1-13(2,3)20(18,19)9-8-16-7-6-14-10-11(16)12(17)15(4)5/h11,14H,6-10H2,1-5H3. The molecule has 1 aliphatic rings. The highest BCUT2D eigenvalue weighted by atomic mass is 32.2. The molecule has 20 heavy (non-hydrogen) atoms. The van der Waals surface area contributed by atoms with Gasteiger partial charge in [0.15, 0.2) is 9.84 Å². The van der Waals surface area contributed by atoms with E-state index >= 15 is 0 Å². The van der Waals surface area contributed by atoms with E-state index in [4.69, 9.17) is 0 Å². The minimum absolute atomic E-state index is 0.0188. The summed E-state index contributed by atoms with van der Waals surface area (Å²) >= 11 is 0. The lowest BCUT2D eigenvalue weighted by molar-refractivity contribution is -0.134. The molecule has 1 heterocycles. The fourth-order valence-electron chi connectivity index (χ4n) is 2.10. The van der Waals surface area contributed by atoms with E-state index in [9.17, 15) is 13.2 Å². The van der Waals surface area contributed by atoms with Gasteiger partial charge in [0.2, 0.25) is 5.91 Å². The number of amides is 1. The van der Waals surface area contributed by atoms with E-state index in [0.29, 0.717) is 19.6 Å². The highest BCUT2D eigenvalue weighted by Gasteiger charge is 2.33. The molecule has 1 unspecified atom stereocenters. The average molecular weight is 305 g/mol. The van der Waals surface area contributed by atoms with Crippen molar-refractivity contribution in [3.05, 3.63) is 0 Å². The normalized spacial score (nSPS) is 21.8. The third-order valence-corrected chi connectivity index (χ3v) is 6.25. The van der Waals surface area contributed by atoms with Gasteiger partial charge in [-0.3, -0.25) is 9.69 Å². The van der Waals surface area contributed by atoms with E-state index in [1.54, 1.807) is 39.8 Å². The first-order chi connectivity index (χ1) is 9.06. The van der Waals surface area contributed by atoms with E-state index < -0.39 is 14.6 Å². The fraction of sp³-hybridized carbons (Fsp3) is 0.923. The zero-order chi connectivity index (χ0) is 15.6. The van der Waals surface area contributed by atoms with Gasteiger partial charge in [0, 0.05) is 40.3 Å². The Morgan fingerprint density at radius 3 is 2.45 bits per heavy atom. The van der Waals surface area contributed by atoms with Gasteiger partial charge in [-0.2, -0.15) is 0 Å². The van der Waals surface area contributed by atoms with Crippen LogP contribution in [0.15, 0.2) is 0 Å². The minimum Gasteiger partial charge on any atom is -0.347 e. The highest BCUT2D eigenvalue weighted by Crippen LogP contribution is 2.17. The maximum Gasteiger partial charge on any atom is 0.240 e. The molecule has 0 aliphatic carbocycles. The third kappa shape index (κ3) is 4.17. The van der Waals surface area contributed by atoms with Crippen molar-refractivity contribution in [2.75, 3.05) is 46.0 Å². The van der Waals surface area contributed by atoms with Gasteiger partial charge in [-0.25, -0.2) is 8.42 Å². The molecule has 1 aliphatic heterocycles. The lowest BCUT2D eigenvalue weighted by Crippen LogP contribution is -2.58. The molecular weight excluding hydrogens is 278 g/mol. The summed E-state index contributed by atoms with van der Waals surface area (Å²) in [5, 5.41) is 3.19. The van der Waals surface area contributed by atoms with Gasteiger partial charge < -0.3 is 10.2 Å². The SMILES string of the molecule is CN(C)C(=O)C1CNCCN1CCS(=O)(=O)C(C)(C)C.